The second-order valence-electron chi connectivity index (χ2n) is 9.25. The lowest BCUT2D eigenvalue weighted by Gasteiger charge is -2.38. The lowest BCUT2D eigenvalue weighted by molar-refractivity contribution is -0.160. The number of nitrogens with one attached hydrogen (secondary N) is 1. The fourth-order valence-corrected chi connectivity index (χ4v) is 3.24. The summed E-state index contributed by atoms with van der Waals surface area (Å²) in [6.45, 7) is 15.8. The molecule has 0 aromatic carbocycles. The lowest BCUT2D eigenvalue weighted by atomic mass is 9.64. The van der Waals surface area contributed by atoms with Crippen LogP contribution < -0.4 is 5.32 Å². The number of rotatable bonds is 4. The molecular formula is C19H32N2O5. The molecule has 0 aromatic rings. The van der Waals surface area contributed by atoms with Crippen molar-refractivity contribution in [3.63, 3.8) is 0 Å². The highest BCUT2D eigenvalue weighted by Crippen LogP contribution is 2.50. The summed E-state index contributed by atoms with van der Waals surface area (Å²) >= 11 is 0. The third-order valence-corrected chi connectivity index (χ3v) is 4.57. The number of carbonyl (C=O) groups is 3. The fourth-order valence-electron chi connectivity index (χ4n) is 3.24. The van der Waals surface area contributed by atoms with Gasteiger partial charge in [0, 0.05) is 18.6 Å². The molecule has 2 amide bonds. The van der Waals surface area contributed by atoms with Gasteiger partial charge in [-0.1, -0.05) is 6.08 Å². The van der Waals surface area contributed by atoms with Crippen LogP contribution in [0.25, 0.3) is 0 Å². The first-order valence-corrected chi connectivity index (χ1v) is 8.73. The van der Waals surface area contributed by atoms with Crippen molar-refractivity contribution in [2.24, 2.45) is 10.8 Å². The maximum atomic E-state index is 13.0. The van der Waals surface area contributed by atoms with Crippen LogP contribution in [-0.4, -0.2) is 52.2 Å². The Labute approximate surface area is 155 Å². The number of aliphatic carboxylic acids is 1. The molecule has 148 valence electrons. The minimum absolute atomic E-state index is 0.0377. The van der Waals surface area contributed by atoms with Gasteiger partial charge in [0.2, 0.25) is 5.91 Å². The van der Waals surface area contributed by atoms with Gasteiger partial charge in [0.25, 0.3) is 0 Å². The fraction of sp³-hybridized carbons (Fsp3) is 0.737. The molecule has 7 heteroatoms. The molecular weight excluding hydrogens is 336 g/mol. The summed E-state index contributed by atoms with van der Waals surface area (Å²) in [6.07, 6.45) is 0.921. The Morgan fingerprint density at radius 3 is 2.12 bits per heavy atom. The van der Waals surface area contributed by atoms with Crippen LogP contribution in [-0.2, 0) is 14.3 Å². The molecule has 0 spiro atoms. The molecule has 0 radical (unpaired) electrons. The van der Waals surface area contributed by atoms with Gasteiger partial charge in [0.1, 0.15) is 11.0 Å². The second kappa shape index (κ2) is 6.93. The van der Waals surface area contributed by atoms with E-state index in [9.17, 15) is 19.5 Å². The molecule has 1 aliphatic heterocycles. The highest BCUT2D eigenvalue weighted by molar-refractivity contribution is 5.93. The maximum absolute atomic E-state index is 13.0. The Morgan fingerprint density at radius 1 is 1.19 bits per heavy atom. The van der Waals surface area contributed by atoms with Crippen molar-refractivity contribution in [2.45, 2.75) is 66.0 Å². The Hall–Kier alpha value is -2.05. The van der Waals surface area contributed by atoms with Gasteiger partial charge in [-0.05, 0) is 54.9 Å². The molecule has 0 aliphatic carbocycles. The SMILES string of the molecule is C=CC[C@@]1(C(=O)O)CN(C(=O)OC(C)(C)C)C[C@@]1(C)C(=O)NC(C)(C)C. The number of carbonyl (C=O) groups excluding carboxylic acids is 2. The number of hydrogen-bond donors (Lipinski definition) is 2. The van der Waals surface area contributed by atoms with E-state index in [4.69, 9.17) is 4.74 Å². The molecule has 26 heavy (non-hydrogen) atoms. The van der Waals surface area contributed by atoms with E-state index < -0.39 is 39.9 Å². The number of nitrogens with zero attached hydrogens (tertiary/aromatic N) is 1. The number of allylic oxidation sites excluding steroid dienone is 1. The highest BCUT2D eigenvalue weighted by Gasteiger charge is 2.64. The smallest absolute Gasteiger partial charge is 0.410 e. The van der Waals surface area contributed by atoms with Gasteiger partial charge in [-0.3, -0.25) is 9.59 Å². The second-order valence-corrected chi connectivity index (χ2v) is 9.25. The summed E-state index contributed by atoms with van der Waals surface area (Å²) < 4.78 is 5.38. The van der Waals surface area contributed by atoms with Crippen LogP contribution in [0.15, 0.2) is 12.7 Å². The number of likely N-dealkylation sites (tertiary alicyclic amines) is 1. The summed E-state index contributed by atoms with van der Waals surface area (Å²) in [6, 6.07) is 0. The van der Waals surface area contributed by atoms with E-state index in [2.05, 4.69) is 11.9 Å². The van der Waals surface area contributed by atoms with E-state index in [0.717, 1.165) is 0 Å². The van der Waals surface area contributed by atoms with Gasteiger partial charge < -0.3 is 20.1 Å². The first kappa shape index (κ1) is 22.0. The Morgan fingerprint density at radius 2 is 1.73 bits per heavy atom. The minimum Gasteiger partial charge on any atom is -0.481 e. The average Bonchev–Trinajstić information content (AvgIpc) is 2.71. The van der Waals surface area contributed by atoms with Crippen molar-refractivity contribution in [3.05, 3.63) is 12.7 Å². The molecule has 7 nitrogen and oxygen atoms in total. The largest absolute Gasteiger partial charge is 0.481 e. The molecule has 1 saturated heterocycles. The molecule has 1 heterocycles. The van der Waals surface area contributed by atoms with Crippen LogP contribution in [0.1, 0.15) is 54.9 Å². The number of amides is 2. The Kier molecular flexibility index (Phi) is 5.86. The Bertz CT molecular complexity index is 602. The summed E-state index contributed by atoms with van der Waals surface area (Å²) in [5.41, 5.74) is -4.04. The number of hydrogen-bond acceptors (Lipinski definition) is 4. The topological polar surface area (TPSA) is 95.9 Å². The molecule has 0 aromatic heterocycles. The Balaban J connectivity index is 3.34. The quantitative estimate of drug-likeness (QED) is 0.744. The van der Waals surface area contributed by atoms with E-state index in [1.807, 2.05) is 20.8 Å². The number of ether oxygens (including phenoxy) is 1. The molecule has 1 fully saturated rings. The van der Waals surface area contributed by atoms with Crippen molar-refractivity contribution in [3.8, 4) is 0 Å². The molecule has 1 aliphatic rings. The zero-order valence-corrected chi connectivity index (χ0v) is 16.9. The predicted octanol–water partition coefficient (Wildman–Crippen LogP) is 2.81. The molecule has 0 unspecified atom stereocenters. The van der Waals surface area contributed by atoms with Crippen LogP contribution in [0.2, 0.25) is 0 Å². The molecule has 2 atom stereocenters. The average molecular weight is 368 g/mol. The molecule has 0 bridgehead atoms. The van der Waals surface area contributed by atoms with Gasteiger partial charge >= 0.3 is 12.1 Å². The van der Waals surface area contributed by atoms with Gasteiger partial charge in [0.15, 0.2) is 0 Å². The maximum Gasteiger partial charge on any atom is 0.410 e. The van der Waals surface area contributed by atoms with Gasteiger partial charge in [0.05, 0.1) is 5.41 Å². The van der Waals surface area contributed by atoms with Gasteiger partial charge in [-0.25, -0.2) is 4.79 Å². The van der Waals surface area contributed by atoms with E-state index in [-0.39, 0.29) is 19.5 Å². The van der Waals surface area contributed by atoms with Crippen LogP contribution in [0.3, 0.4) is 0 Å². The summed E-state index contributed by atoms with van der Waals surface area (Å²) in [7, 11) is 0. The normalized spacial score (nSPS) is 26.3. The standard InChI is InChI=1S/C19H32N2O5/c1-9-10-19(14(23)24)12-21(15(25)26-17(5,6)7)11-18(19,8)13(22)20-16(2,3)4/h9H,1,10-12H2,2-8H3,(H,20,22)(H,23,24)/t18-,19-/m0/s1. The van der Waals surface area contributed by atoms with Crippen LogP contribution >= 0.6 is 0 Å². The van der Waals surface area contributed by atoms with Crippen molar-refractivity contribution in [1.82, 2.24) is 10.2 Å². The van der Waals surface area contributed by atoms with E-state index in [0.29, 0.717) is 0 Å². The summed E-state index contributed by atoms with van der Waals surface area (Å²) in [4.78, 5) is 39.1. The van der Waals surface area contributed by atoms with E-state index >= 15 is 0 Å². The van der Waals surface area contributed by atoms with Crippen molar-refractivity contribution < 1.29 is 24.2 Å². The molecule has 2 N–H and O–H groups in total. The first-order chi connectivity index (χ1) is 11.6. The number of carboxylic acid groups (broad SMARTS) is 1. The monoisotopic (exact) mass is 368 g/mol. The molecule has 1 rings (SSSR count). The van der Waals surface area contributed by atoms with E-state index in [1.54, 1.807) is 27.7 Å². The summed E-state index contributed by atoms with van der Waals surface area (Å²) in [5.74, 6) is -1.53. The molecule has 0 saturated carbocycles. The minimum atomic E-state index is -1.47. The zero-order valence-electron chi connectivity index (χ0n) is 16.9. The van der Waals surface area contributed by atoms with Crippen LogP contribution in [0.4, 0.5) is 4.79 Å². The summed E-state index contributed by atoms with van der Waals surface area (Å²) in [5, 5.41) is 12.9. The van der Waals surface area contributed by atoms with Crippen molar-refractivity contribution in [2.75, 3.05) is 13.1 Å². The van der Waals surface area contributed by atoms with E-state index in [1.165, 1.54) is 11.0 Å². The number of carboxylic acids is 1. The van der Waals surface area contributed by atoms with Crippen molar-refractivity contribution in [1.29, 1.82) is 0 Å². The van der Waals surface area contributed by atoms with Crippen LogP contribution in [0.5, 0.6) is 0 Å². The van der Waals surface area contributed by atoms with Gasteiger partial charge in [-0.2, -0.15) is 0 Å². The third kappa shape index (κ3) is 4.37. The first-order valence-electron chi connectivity index (χ1n) is 8.73. The highest BCUT2D eigenvalue weighted by atomic mass is 16.6. The van der Waals surface area contributed by atoms with Crippen molar-refractivity contribution >= 4 is 18.0 Å². The predicted molar refractivity (Wildman–Crippen MR) is 98.7 cm³/mol. The van der Waals surface area contributed by atoms with Gasteiger partial charge in [-0.15, -0.1) is 6.58 Å². The lowest BCUT2D eigenvalue weighted by Crippen LogP contribution is -2.57. The zero-order chi connectivity index (χ0) is 20.6. The third-order valence-electron chi connectivity index (χ3n) is 4.57. The van der Waals surface area contributed by atoms with Crippen LogP contribution in [0, 0.1) is 10.8 Å².